The van der Waals surface area contributed by atoms with Gasteiger partial charge in [0.05, 0.1) is 6.61 Å². The van der Waals surface area contributed by atoms with Gasteiger partial charge in [0, 0.05) is 6.42 Å². The molecule has 0 unspecified atom stereocenters. The van der Waals surface area contributed by atoms with Crippen molar-refractivity contribution in [3.63, 3.8) is 0 Å². The lowest BCUT2D eigenvalue weighted by Gasteiger charge is -2.06. The first kappa shape index (κ1) is 19.5. The van der Waals surface area contributed by atoms with E-state index in [1.54, 1.807) is 0 Å². The first-order chi connectivity index (χ1) is 9.52. The van der Waals surface area contributed by atoms with E-state index in [1.165, 1.54) is 44.9 Å². The number of unbranched alkanes of at least 4 members (excludes halogenated alkanes) is 6. The van der Waals surface area contributed by atoms with Crippen molar-refractivity contribution in [2.75, 3.05) is 6.61 Å². The molecule has 0 radical (unpaired) electrons. The van der Waals surface area contributed by atoms with Gasteiger partial charge < -0.3 is 4.74 Å². The Balaban J connectivity index is 3.14. The molecule has 2 nitrogen and oxygen atoms in total. The van der Waals surface area contributed by atoms with E-state index in [0.29, 0.717) is 18.9 Å². The Kier molecular flexibility index (Phi) is 13.1. The average Bonchev–Trinajstić information content (AvgIpc) is 2.38. The lowest BCUT2D eigenvalue weighted by molar-refractivity contribution is -0.144. The number of esters is 1. The quantitative estimate of drug-likeness (QED) is 0.318. The van der Waals surface area contributed by atoms with Gasteiger partial charge in [-0.3, -0.25) is 4.79 Å². The molecular weight excluding hydrogens is 248 g/mol. The van der Waals surface area contributed by atoms with Crippen LogP contribution in [0.25, 0.3) is 0 Å². The highest BCUT2D eigenvalue weighted by molar-refractivity contribution is 5.69. The summed E-state index contributed by atoms with van der Waals surface area (Å²) in [6, 6.07) is 0. The molecule has 0 aliphatic carbocycles. The smallest absolute Gasteiger partial charge is 0.305 e. The van der Waals surface area contributed by atoms with E-state index in [4.69, 9.17) is 4.74 Å². The van der Waals surface area contributed by atoms with E-state index in [9.17, 15) is 4.79 Å². The van der Waals surface area contributed by atoms with Crippen LogP contribution in [0, 0.1) is 11.8 Å². The molecule has 2 heteroatoms. The van der Waals surface area contributed by atoms with Crippen LogP contribution in [0.1, 0.15) is 91.9 Å². The van der Waals surface area contributed by atoms with Crippen molar-refractivity contribution in [3.8, 4) is 0 Å². The van der Waals surface area contributed by atoms with Crippen molar-refractivity contribution in [3.05, 3.63) is 0 Å². The van der Waals surface area contributed by atoms with Gasteiger partial charge >= 0.3 is 5.97 Å². The molecule has 0 N–H and O–H groups in total. The predicted octanol–water partition coefficient (Wildman–Crippen LogP) is 5.74. The van der Waals surface area contributed by atoms with Crippen molar-refractivity contribution < 1.29 is 9.53 Å². The number of ether oxygens (including phenoxy) is 1. The summed E-state index contributed by atoms with van der Waals surface area (Å²) in [5, 5.41) is 0. The van der Waals surface area contributed by atoms with E-state index >= 15 is 0 Å². The zero-order valence-electron chi connectivity index (χ0n) is 14.2. The molecule has 20 heavy (non-hydrogen) atoms. The summed E-state index contributed by atoms with van der Waals surface area (Å²) in [6.07, 6.45) is 11.8. The number of rotatable bonds is 13. The first-order valence-electron chi connectivity index (χ1n) is 8.68. The van der Waals surface area contributed by atoms with Crippen LogP contribution in [0.4, 0.5) is 0 Å². The highest BCUT2D eigenvalue weighted by atomic mass is 16.5. The van der Waals surface area contributed by atoms with Crippen LogP contribution in [0.2, 0.25) is 0 Å². The summed E-state index contributed by atoms with van der Waals surface area (Å²) in [7, 11) is 0. The zero-order valence-corrected chi connectivity index (χ0v) is 14.2. The van der Waals surface area contributed by atoms with E-state index < -0.39 is 0 Å². The molecule has 0 aliphatic rings. The molecule has 0 aliphatic heterocycles. The third kappa shape index (κ3) is 15.5. The Morgan fingerprint density at radius 3 is 1.80 bits per heavy atom. The van der Waals surface area contributed by atoms with Gasteiger partial charge in [-0.1, -0.05) is 72.6 Å². The first-order valence-corrected chi connectivity index (χ1v) is 8.68. The van der Waals surface area contributed by atoms with E-state index in [0.717, 1.165) is 18.8 Å². The number of hydrogen-bond donors (Lipinski definition) is 0. The topological polar surface area (TPSA) is 26.3 Å². The van der Waals surface area contributed by atoms with E-state index in [2.05, 4.69) is 27.7 Å². The number of hydrogen-bond acceptors (Lipinski definition) is 2. The summed E-state index contributed by atoms with van der Waals surface area (Å²) in [6.45, 7) is 9.47. The second kappa shape index (κ2) is 13.5. The fourth-order valence-corrected chi connectivity index (χ4v) is 2.20. The molecule has 0 fully saturated rings. The van der Waals surface area contributed by atoms with E-state index in [1.807, 2.05) is 0 Å². The lowest BCUT2D eigenvalue weighted by Crippen LogP contribution is -2.06. The minimum Gasteiger partial charge on any atom is -0.466 e. The summed E-state index contributed by atoms with van der Waals surface area (Å²) in [5.74, 6) is 1.41. The maximum atomic E-state index is 11.4. The molecule has 120 valence electrons. The van der Waals surface area contributed by atoms with Crippen LogP contribution >= 0.6 is 0 Å². The summed E-state index contributed by atoms with van der Waals surface area (Å²) in [4.78, 5) is 11.4. The molecule has 0 aromatic carbocycles. The Hall–Kier alpha value is -0.530. The summed E-state index contributed by atoms with van der Waals surface area (Å²) in [5.41, 5.74) is 0. The molecular formula is C18H36O2. The fraction of sp³-hybridized carbons (Fsp3) is 0.944. The van der Waals surface area contributed by atoms with Gasteiger partial charge in [-0.2, -0.15) is 0 Å². The Labute approximate surface area is 126 Å². The minimum atomic E-state index is -0.0209. The van der Waals surface area contributed by atoms with Crippen LogP contribution < -0.4 is 0 Å². The van der Waals surface area contributed by atoms with Gasteiger partial charge in [0.2, 0.25) is 0 Å². The second-order valence-corrected chi connectivity index (χ2v) is 6.81. The van der Waals surface area contributed by atoms with Crippen LogP contribution in [-0.4, -0.2) is 12.6 Å². The molecule has 0 bridgehead atoms. The maximum Gasteiger partial charge on any atom is 0.305 e. The van der Waals surface area contributed by atoms with Crippen molar-refractivity contribution in [2.45, 2.75) is 91.9 Å². The molecule has 0 amide bonds. The van der Waals surface area contributed by atoms with Gasteiger partial charge in [-0.05, 0) is 24.7 Å². The third-order valence-electron chi connectivity index (χ3n) is 3.61. The Morgan fingerprint density at radius 1 is 0.750 bits per heavy atom. The van der Waals surface area contributed by atoms with Crippen molar-refractivity contribution >= 4 is 5.97 Å². The molecule has 0 saturated heterocycles. The molecule has 0 rings (SSSR count). The Morgan fingerprint density at radius 2 is 1.25 bits per heavy atom. The van der Waals surface area contributed by atoms with Gasteiger partial charge in [0.25, 0.3) is 0 Å². The second-order valence-electron chi connectivity index (χ2n) is 6.81. The lowest BCUT2D eigenvalue weighted by atomic mass is 10.0. The SMILES string of the molecule is CC(C)CCCCCCCCCOC(=O)CCC(C)C. The normalized spacial score (nSPS) is 11.3. The van der Waals surface area contributed by atoms with Crippen molar-refractivity contribution in [1.29, 1.82) is 0 Å². The zero-order chi connectivity index (χ0) is 15.2. The predicted molar refractivity (Wildman–Crippen MR) is 86.8 cm³/mol. The monoisotopic (exact) mass is 284 g/mol. The standard InChI is InChI=1S/C18H36O2/c1-16(2)12-10-8-6-5-7-9-11-15-20-18(19)14-13-17(3)4/h16-17H,5-15H2,1-4H3. The highest BCUT2D eigenvalue weighted by Gasteiger charge is 2.04. The van der Waals surface area contributed by atoms with Crippen molar-refractivity contribution in [1.82, 2.24) is 0 Å². The van der Waals surface area contributed by atoms with Crippen molar-refractivity contribution in [2.24, 2.45) is 11.8 Å². The molecule has 0 aromatic rings. The van der Waals surface area contributed by atoms with Crippen LogP contribution in [0.15, 0.2) is 0 Å². The van der Waals surface area contributed by atoms with Crippen LogP contribution in [0.3, 0.4) is 0 Å². The van der Waals surface area contributed by atoms with Gasteiger partial charge in [0.1, 0.15) is 0 Å². The molecule has 0 atom stereocenters. The third-order valence-corrected chi connectivity index (χ3v) is 3.61. The largest absolute Gasteiger partial charge is 0.466 e. The van der Waals surface area contributed by atoms with E-state index in [-0.39, 0.29) is 5.97 Å². The molecule has 0 saturated carbocycles. The summed E-state index contributed by atoms with van der Waals surface area (Å²) >= 11 is 0. The van der Waals surface area contributed by atoms with Gasteiger partial charge in [-0.25, -0.2) is 0 Å². The highest BCUT2D eigenvalue weighted by Crippen LogP contribution is 2.12. The molecule has 0 heterocycles. The minimum absolute atomic E-state index is 0.0209. The molecule has 0 aromatic heterocycles. The van der Waals surface area contributed by atoms with Crippen LogP contribution in [-0.2, 0) is 9.53 Å². The van der Waals surface area contributed by atoms with Crippen LogP contribution in [0.5, 0.6) is 0 Å². The maximum absolute atomic E-state index is 11.4. The number of carbonyl (C=O) groups excluding carboxylic acids is 1. The molecule has 0 spiro atoms. The Bertz CT molecular complexity index is 221. The van der Waals surface area contributed by atoms with Gasteiger partial charge in [-0.15, -0.1) is 0 Å². The summed E-state index contributed by atoms with van der Waals surface area (Å²) < 4.78 is 5.22. The fourth-order valence-electron chi connectivity index (χ4n) is 2.20. The van der Waals surface area contributed by atoms with Gasteiger partial charge in [0.15, 0.2) is 0 Å². The number of carbonyl (C=O) groups is 1. The average molecular weight is 284 g/mol.